The van der Waals surface area contributed by atoms with Crippen LogP contribution in [0.1, 0.15) is 5.56 Å². The number of benzene rings is 2. The zero-order valence-electron chi connectivity index (χ0n) is 11.3. The Hall–Kier alpha value is -1.65. The number of hydrogen-bond acceptors (Lipinski definition) is 3. The lowest BCUT2D eigenvalue weighted by molar-refractivity contribution is -0.136. The van der Waals surface area contributed by atoms with Gasteiger partial charge in [0.1, 0.15) is 5.75 Å². The second kappa shape index (κ2) is 7.96. The Labute approximate surface area is 132 Å². The maximum absolute atomic E-state index is 10.6. The molecule has 0 saturated carbocycles. The fourth-order valence-electron chi connectivity index (χ4n) is 1.73. The molecule has 5 heteroatoms. The molecule has 2 aromatic rings. The van der Waals surface area contributed by atoms with Crippen molar-refractivity contribution in [3.63, 3.8) is 0 Å². The highest BCUT2D eigenvalue weighted by Gasteiger charge is 2.01. The fraction of sp³-hybridized carbons (Fsp3) is 0.188. The number of rotatable bonds is 7. The fourth-order valence-corrected chi connectivity index (χ4v) is 2.58. The van der Waals surface area contributed by atoms with E-state index in [1.54, 1.807) is 23.9 Å². The summed E-state index contributed by atoms with van der Waals surface area (Å²) in [7, 11) is 0. The molecule has 0 aromatic heterocycles. The maximum atomic E-state index is 10.6. The van der Waals surface area contributed by atoms with Gasteiger partial charge in [-0.2, -0.15) is 0 Å². The first-order valence-corrected chi connectivity index (χ1v) is 7.82. The van der Waals surface area contributed by atoms with Crippen molar-refractivity contribution in [2.24, 2.45) is 0 Å². The minimum absolute atomic E-state index is 0.0601. The molecular formula is C16H15ClO3S. The maximum Gasteiger partial charge on any atom is 0.307 e. The smallest absolute Gasteiger partial charge is 0.307 e. The second-order valence-electron chi connectivity index (χ2n) is 4.37. The SMILES string of the molecule is O=C(O)Cc1ccc(SCCOc2ccc(Cl)cc2)cc1. The van der Waals surface area contributed by atoms with Crippen LogP contribution in [0.2, 0.25) is 5.02 Å². The molecule has 0 bridgehead atoms. The molecule has 2 aromatic carbocycles. The highest BCUT2D eigenvalue weighted by atomic mass is 35.5. The van der Waals surface area contributed by atoms with E-state index < -0.39 is 5.97 Å². The predicted octanol–water partition coefficient (Wildman–Crippen LogP) is 4.14. The van der Waals surface area contributed by atoms with Crippen molar-refractivity contribution >= 4 is 29.3 Å². The van der Waals surface area contributed by atoms with E-state index in [2.05, 4.69) is 0 Å². The Morgan fingerprint density at radius 1 is 1.10 bits per heavy atom. The topological polar surface area (TPSA) is 46.5 Å². The third kappa shape index (κ3) is 5.69. The van der Waals surface area contributed by atoms with E-state index in [1.165, 1.54) is 0 Å². The number of aliphatic carboxylic acids is 1. The van der Waals surface area contributed by atoms with Gasteiger partial charge >= 0.3 is 5.97 Å². The molecular weight excluding hydrogens is 308 g/mol. The average Bonchev–Trinajstić information content (AvgIpc) is 2.46. The van der Waals surface area contributed by atoms with Gasteiger partial charge in [-0.15, -0.1) is 11.8 Å². The summed E-state index contributed by atoms with van der Waals surface area (Å²) in [5.74, 6) is 0.810. The van der Waals surface area contributed by atoms with Crippen LogP contribution in [0.25, 0.3) is 0 Å². The highest BCUT2D eigenvalue weighted by molar-refractivity contribution is 7.99. The first-order valence-electron chi connectivity index (χ1n) is 6.45. The Bertz CT molecular complexity index is 581. The Morgan fingerprint density at radius 2 is 1.76 bits per heavy atom. The molecule has 2 rings (SSSR count). The molecule has 0 aliphatic rings. The van der Waals surface area contributed by atoms with Crippen molar-refractivity contribution in [1.82, 2.24) is 0 Å². The van der Waals surface area contributed by atoms with Crippen molar-refractivity contribution in [3.8, 4) is 5.75 Å². The van der Waals surface area contributed by atoms with Gasteiger partial charge in [0.15, 0.2) is 0 Å². The largest absolute Gasteiger partial charge is 0.493 e. The quantitative estimate of drug-likeness (QED) is 0.615. The van der Waals surface area contributed by atoms with Crippen molar-refractivity contribution in [3.05, 3.63) is 59.1 Å². The second-order valence-corrected chi connectivity index (χ2v) is 5.97. The van der Waals surface area contributed by atoms with Gasteiger partial charge in [-0.05, 0) is 42.0 Å². The minimum Gasteiger partial charge on any atom is -0.493 e. The van der Waals surface area contributed by atoms with Crippen molar-refractivity contribution in [2.75, 3.05) is 12.4 Å². The predicted molar refractivity (Wildman–Crippen MR) is 85.5 cm³/mol. The van der Waals surface area contributed by atoms with E-state index in [0.29, 0.717) is 11.6 Å². The first-order chi connectivity index (χ1) is 10.1. The van der Waals surface area contributed by atoms with Crippen molar-refractivity contribution < 1.29 is 14.6 Å². The summed E-state index contributed by atoms with van der Waals surface area (Å²) in [6, 6.07) is 14.8. The molecule has 3 nitrogen and oxygen atoms in total. The van der Waals surface area contributed by atoms with Gasteiger partial charge in [-0.1, -0.05) is 23.7 Å². The van der Waals surface area contributed by atoms with E-state index in [1.807, 2.05) is 36.4 Å². The molecule has 21 heavy (non-hydrogen) atoms. The van der Waals surface area contributed by atoms with Crippen LogP contribution in [0, 0.1) is 0 Å². The van der Waals surface area contributed by atoms with E-state index >= 15 is 0 Å². The Balaban J connectivity index is 1.73. The molecule has 0 unspecified atom stereocenters. The Kier molecular flexibility index (Phi) is 5.96. The summed E-state index contributed by atoms with van der Waals surface area (Å²) in [5.41, 5.74) is 0.810. The van der Waals surface area contributed by atoms with Gasteiger partial charge in [0.2, 0.25) is 0 Å². The van der Waals surface area contributed by atoms with Gasteiger partial charge in [-0.3, -0.25) is 4.79 Å². The number of carboxylic acids is 1. The molecule has 0 fully saturated rings. The number of halogens is 1. The van der Waals surface area contributed by atoms with Crippen molar-refractivity contribution in [1.29, 1.82) is 0 Å². The number of thioether (sulfide) groups is 1. The molecule has 0 aliphatic carbocycles. The number of carboxylic acid groups (broad SMARTS) is 1. The minimum atomic E-state index is -0.813. The van der Waals surface area contributed by atoms with Crippen LogP contribution in [0.15, 0.2) is 53.4 Å². The van der Waals surface area contributed by atoms with Gasteiger partial charge in [0.05, 0.1) is 13.0 Å². The number of carbonyl (C=O) groups is 1. The van der Waals surface area contributed by atoms with Gasteiger partial charge in [-0.25, -0.2) is 0 Å². The molecule has 0 spiro atoms. The molecule has 0 amide bonds. The average molecular weight is 323 g/mol. The lowest BCUT2D eigenvalue weighted by atomic mass is 10.2. The molecule has 0 aliphatic heterocycles. The van der Waals surface area contributed by atoms with Crippen LogP contribution in [-0.2, 0) is 11.2 Å². The van der Waals surface area contributed by atoms with Crippen LogP contribution in [-0.4, -0.2) is 23.4 Å². The molecule has 110 valence electrons. The van der Waals surface area contributed by atoms with E-state index in [9.17, 15) is 4.79 Å². The summed E-state index contributed by atoms with van der Waals surface area (Å²) < 4.78 is 5.60. The summed E-state index contributed by atoms with van der Waals surface area (Å²) in [6.45, 7) is 0.600. The zero-order chi connectivity index (χ0) is 15.1. The summed E-state index contributed by atoms with van der Waals surface area (Å²) >= 11 is 7.47. The lowest BCUT2D eigenvalue weighted by Crippen LogP contribution is -2.00. The van der Waals surface area contributed by atoms with E-state index in [4.69, 9.17) is 21.4 Å². The van der Waals surface area contributed by atoms with Crippen LogP contribution in [0.4, 0.5) is 0 Å². The summed E-state index contributed by atoms with van der Waals surface area (Å²) in [5, 5.41) is 9.40. The third-order valence-corrected chi connectivity index (χ3v) is 3.94. The summed E-state index contributed by atoms with van der Waals surface area (Å²) in [4.78, 5) is 11.7. The van der Waals surface area contributed by atoms with Gasteiger partial charge in [0, 0.05) is 15.7 Å². The van der Waals surface area contributed by atoms with Crippen LogP contribution in [0.5, 0.6) is 5.75 Å². The van der Waals surface area contributed by atoms with Crippen LogP contribution >= 0.6 is 23.4 Å². The summed E-state index contributed by atoms with van der Waals surface area (Å²) in [6.07, 6.45) is 0.0601. The number of ether oxygens (including phenoxy) is 1. The Morgan fingerprint density at radius 3 is 2.38 bits per heavy atom. The van der Waals surface area contributed by atoms with Gasteiger partial charge < -0.3 is 9.84 Å². The monoisotopic (exact) mass is 322 g/mol. The third-order valence-electron chi connectivity index (χ3n) is 2.71. The molecule has 0 heterocycles. The number of hydrogen-bond donors (Lipinski definition) is 1. The standard InChI is InChI=1S/C16H15ClO3S/c17-13-3-5-14(6-4-13)20-9-10-21-15-7-1-12(2-8-15)11-16(18)19/h1-8H,9-11H2,(H,18,19). The molecule has 0 atom stereocenters. The van der Waals surface area contributed by atoms with E-state index in [-0.39, 0.29) is 6.42 Å². The van der Waals surface area contributed by atoms with Crippen molar-refractivity contribution in [2.45, 2.75) is 11.3 Å². The highest BCUT2D eigenvalue weighted by Crippen LogP contribution is 2.20. The van der Waals surface area contributed by atoms with Crippen LogP contribution < -0.4 is 4.74 Å². The molecule has 0 saturated heterocycles. The lowest BCUT2D eigenvalue weighted by Gasteiger charge is -2.06. The van der Waals surface area contributed by atoms with Crippen LogP contribution in [0.3, 0.4) is 0 Å². The van der Waals surface area contributed by atoms with Gasteiger partial charge in [0.25, 0.3) is 0 Å². The molecule has 0 radical (unpaired) electrons. The van der Waals surface area contributed by atoms with E-state index in [0.717, 1.165) is 22.0 Å². The first kappa shape index (κ1) is 15.7. The molecule has 1 N–H and O–H groups in total. The zero-order valence-corrected chi connectivity index (χ0v) is 12.9. The normalized spacial score (nSPS) is 10.3.